The Labute approximate surface area is 239 Å². The molecule has 5 rings (SSSR count). The number of aromatic nitrogens is 1. The summed E-state index contributed by atoms with van der Waals surface area (Å²) in [5.74, 6) is -3.90. The minimum atomic E-state index is -1.24. The second-order valence-electron chi connectivity index (χ2n) is 11.0. The fourth-order valence-corrected chi connectivity index (χ4v) is 6.07. The van der Waals surface area contributed by atoms with Crippen LogP contribution in [0.1, 0.15) is 42.7 Å². The number of hydrogen-bond acceptors (Lipinski definition) is 5. The van der Waals surface area contributed by atoms with Crippen LogP contribution in [0.25, 0.3) is 10.9 Å². The molecule has 2 aliphatic heterocycles. The number of rotatable bonds is 6. The number of anilines is 1. The lowest BCUT2D eigenvalue weighted by Crippen LogP contribution is -2.53. The maximum absolute atomic E-state index is 14.3. The van der Waals surface area contributed by atoms with Gasteiger partial charge in [0.15, 0.2) is 0 Å². The summed E-state index contributed by atoms with van der Waals surface area (Å²) < 4.78 is 33.1. The van der Waals surface area contributed by atoms with Crippen LogP contribution < -0.4 is 5.32 Å². The van der Waals surface area contributed by atoms with E-state index in [0.29, 0.717) is 16.3 Å². The topological polar surface area (TPSA) is 112 Å². The lowest BCUT2D eigenvalue weighted by atomic mass is 9.79. The van der Waals surface area contributed by atoms with E-state index in [4.69, 9.17) is 16.3 Å². The SMILES string of the molecule is COC(=O)[C@@H]1C[C@@]2(CN1C(=O)[C@H](CC(C)C)N(C)C(=O)c1cc3c(F)cc(F)cc3[nH]1)C(=O)Nc1ccc(Cl)cc12. The molecule has 2 aliphatic rings. The van der Waals surface area contributed by atoms with Crippen molar-refractivity contribution >= 4 is 51.9 Å². The molecule has 1 spiro atoms. The van der Waals surface area contributed by atoms with E-state index in [-0.39, 0.29) is 47.8 Å². The second-order valence-corrected chi connectivity index (χ2v) is 11.5. The van der Waals surface area contributed by atoms with Crippen molar-refractivity contribution in [3.63, 3.8) is 0 Å². The molecule has 1 fully saturated rings. The molecule has 0 unspecified atom stereocenters. The summed E-state index contributed by atoms with van der Waals surface area (Å²) in [5.41, 5.74) is -0.0434. The number of carbonyl (C=O) groups is 4. The van der Waals surface area contributed by atoms with Gasteiger partial charge in [0.25, 0.3) is 5.91 Å². The second kappa shape index (κ2) is 10.4. The zero-order valence-electron chi connectivity index (χ0n) is 22.9. The van der Waals surface area contributed by atoms with Crippen LogP contribution >= 0.6 is 11.6 Å². The van der Waals surface area contributed by atoms with Crippen LogP contribution in [0.15, 0.2) is 36.4 Å². The standard InChI is InChI=1S/C29H29ClF2N4O5/c1-14(2)7-23(35(3)25(37)22-11-17-19(32)9-16(31)10-21(17)33-22)26(38)36-13-29(12-24(36)27(39)41-4)18-8-15(30)5-6-20(18)34-28(29)40/h5-6,8-11,14,23-24,33H,7,12-13H2,1-4H3,(H,34,40)/t23-,24-,29-/m0/s1. The molecule has 0 bridgehead atoms. The van der Waals surface area contributed by atoms with E-state index in [2.05, 4.69) is 10.3 Å². The molecule has 1 aromatic heterocycles. The first-order valence-electron chi connectivity index (χ1n) is 13.1. The van der Waals surface area contributed by atoms with Crippen molar-refractivity contribution in [1.82, 2.24) is 14.8 Å². The van der Waals surface area contributed by atoms with Gasteiger partial charge >= 0.3 is 5.97 Å². The Morgan fingerprint density at radius 3 is 2.61 bits per heavy atom. The van der Waals surface area contributed by atoms with Gasteiger partial charge in [-0.05, 0) is 54.7 Å². The van der Waals surface area contributed by atoms with Crippen molar-refractivity contribution < 1.29 is 32.7 Å². The Balaban J connectivity index is 1.51. The van der Waals surface area contributed by atoms with E-state index >= 15 is 0 Å². The number of aromatic amines is 1. The van der Waals surface area contributed by atoms with Gasteiger partial charge in [0.1, 0.15) is 29.4 Å². The molecule has 2 N–H and O–H groups in total. The highest BCUT2D eigenvalue weighted by atomic mass is 35.5. The summed E-state index contributed by atoms with van der Waals surface area (Å²) in [6.07, 6.45) is 0.208. The van der Waals surface area contributed by atoms with Crippen molar-refractivity contribution in [1.29, 1.82) is 0 Å². The molecular weight excluding hydrogens is 558 g/mol. The number of benzene rings is 2. The number of likely N-dealkylation sites (N-methyl/N-ethyl adjacent to an activating group) is 1. The van der Waals surface area contributed by atoms with Gasteiger partial charge < -0.3 is 24.8 Å². The fourth-order valence-electron chi connectivity index (χ4n) is 5.90. The summed E-state index contributed by atoms with van der Waals surface area (Å²) in [6.45, 7) is 3.63. The van der Waals surface area contributed by atoms with Crippen molar-refractivity contribution in [3.05, 3.63) is 64.3 Å². The maximum atomic E-state index is 14.3. The number of amides is 3. The zero-order chi connectivity index (χ0) is 29.8. The number of nitrogens with zero attached hydrogens (tertiary/aromatic N) is 2. The summed E-state index contributed by atoms with van der Waals surface area (Å²) in [5, 5.41) is 3.26. The molecular formula is C29H29ClF2N4O5. The van der Waals surface area contributed by atoms with Gasteiger partial charge in [-0.15, -0.1) is 0 Å². The van der Waals surface area contributed by atoms with Crippen molar-refractivity contribution in [2.24, 2.45) is 5.92 Å². The minimum Gasteiger partial charge on any atom is -0.467 e. The molecule has 0 saturated carbocycles. The van der Waals surface area contributed by atoms with Crippen LogP contribution in [0.3, 0.4) is 0 Å². The van der Waals surface area contributed by atoms with Gasteiger partial charge in [-0.1, -0.05) is 25.4 Å². The average Bonchev–Trinajstić information content (AvgIpc) is 3.61. The molecule has 3 heterocycles. The number of fused-ring (bicyclic) bond motifs is 3. The number of nitrogens with one attached hydrogen (secondary N) is 2. The van der Waals surface area contributed by atoms with Gasteiger partial charge in [-0.3, -0.25) is 14.4 Å². The molecule has 2 aromatic carbocycles. The Hall–Kier alpha value is -3.99. The Morgan fingerprint density at radius 2 is 1.93 bits per heavy atom. The van der Waals surface area contributed by atoms with Crippen LogP contribution in [-0.4, -0.2) is 71.3 Å². The van der Waals surface area contributed by atoms with Crippen LogP contribution in [0.5, 0.6) is 0 Å². The number of halogens is 3. The average molecular weight is 587 g/mol. The van der Waals surface area contributed by atoms with Crippen LogP contribution in [0.2, 0.25) is 5.02 Å². The molecule has 12 heteroatoms. The van der Waals surface area contributed by atoms with E-state index in [1.54, 1.807) is 18.2 Å². The van der Waals surface area contributed by atoms with E-state index in [1.165, 1.54) is 30.0 Å². The van der Waals surface area contributed by atoms with Gasteiger partial charge in [-0.25, -0.2) is 13.6 Å². The summed E-state index contributed by atoms with van der Waals surface area (Å²) in [7, 11) is 2.64. The third-order valence-corrected chi connectivity index (χ3v) is 8.18. The summed E-state index contributed by atoms with van der Waals surface area (Å²) in [4.78, 5) is 59.4. The lowest BCUT2D eigenvalue weighted by molar-refractivity contribution is -0.152. The minimum absolute atomic E-state index is 0.0243. The molecule has 9 nitrogen and oxygen atoms in total. The molecule has 1 saturated heterocycles. The van der Waals surface area contributed by atoms with Crippen LogP contribution in [0, 0.1) is 17.6 Å². The number of H-pyrrole nitrogens is 1. The Bertz CT molecular complexity index is 1590. The normalized spacial score (nSPS) is 20.4. The number of ether oxygens (including phenoxy) is 1. The summed E-state index contributed by atoms with van der Waals surface area (Å²) in [6, 6.07) is 5.89. The van der Waals surface area contributed by atoms with Crippen molar-refractivity contribution in [2.45, 2.75) is 44.2 Å². The highest BCUT2D eigenvalue weighted by Gasteiger charge is 2.58. The number of esters is 1. The number of likely N-dealkylation sites (tertiary alicyclic amines) is 1. The van der Waals surface area contributed by atoms with Crippen molar-refractivity contribution in [2.75, 3.05) is 26.0 Å². The third-order valence-electron chi connectivity index (χ3n) is 7.94. The first kappa shape index (κ1) is 28.5. The van der Waals surface area contributed by atoms with Gasteiger partial charge in [-0.2, -0.15) is 0 Å². The van der Waals surface area contributed by atoms with E-state index in [0.717, 1.165) is 12.1 Å². The quantitative estimate of drug-likeness (QED) is 0.420. The van der Waals surface area contributed by atoms with E-state index in [1.807, 2.05) is 13.8 Å². The molecule has 3 amide bonds. The summed E-state index contributed by atoms with van der Waals surface area (Å²) >= 11 is 6.25. The first-order valence-corrected chi connectivity index (χ1v) is 13.5. The van der Waals surface area contributed by atoms with Crippen molar-refractivity contribution in [3.8, 4) is 0 Å². The smallest absolute Gasteiger partial charge is 0.328 e. The highest BCUT2D eigenvalue weighted by molar-refractivity contribution is 6.31. The molecule has 0 aliphatic carbocycles. The highest BCUT2D eigenvalue weighted by Crippen LogP contribution is 2.47. The zero-order valence-corrected chi connectivity index (χ0v) is 23.6. The van der Waals surface area contributed by atoms with Crippen LogP contribution in [-0.2, 0) is 24.5 Å². The van der Waals surface area contributed by atoms with Crippen LogP contribution in [0.4, 0.5) is 14.5 Å². The number of hydrogen-bond donors (Lipinski definition) is 2. The van der Waals surface area contributed by atoms with Gasteiger partial charge in [0.2, 0.25) is 11.8 Å². The largest absolute Gasteiger partial charge is 0.467 e. The Kier molecular flexibility index (Phi) is 7.27. The predicted molar refractivity (Wildman–Crippen MR) is 147 cm³/mol. The predicted octanol–water partition coefficient (Wildman–Crippen LogP) is 4.25. The first-order chi connectivity index (χ1) is 19.4. The maximum Gasteiger partial charge on any atom is 0.328 e. The Morgan fingerprint density at radius 1 is 1.20 bits per heavy atom. The molecule has 41 heavy (non-hydrogen) atoms. The molecule has 0 radical (unpaired) electrons. The third kappa shape index (κ3) is 4.81. The van der Waals surface area contributed by atoms with E-state index < -0.39 is 46.9 Å². The number of carbonyl (C=O) groups excluding carboxylic acids is 4. The van der Waals surface area contributed by atoms with Gasteiger partial charge in [0.05, 0.1) is 18.0 Å². The van der Waals surface area contributed by atoms with E-state index in [9.17, 15) is 28.0 Å². The molecule has 3 atom stereocenters. The van der Waals surface area contributed by atoms with Gasteiger partial charge in [0, 0.05) is 35.8 Å². The number of methoxy groups -OCH3 is 1. The molecule has 216 valence electrons. The molecule has 3 aromatic rings. The monoisotopic (exact) mass is 586 g/mol. The lowest BCUT2D eigenvalue weighted by Gasteiger charge is -2.33. The fraction of sp³-hybridized carbons (Fsp3) is 0.379.